The van der Waals surface area contributed by atoms with Gasteiger partial charge in [0.15, 0.2) is 11.5 Å². The molecule has 0 aliphatic carbocycles. The second-order valence-electron chi connectivity index (χ2n) is 4.67. The highest BCUT2D eigenvalue weighted by Crippen LogP contribution is 2.33. The third-order valence-electron chi connectivity index (χ3n) is 3.17. The van der Waals surface area contributed by atoms with Crippen LogP contribution >= 0.6 is 34.5 Å². The molecule has 0 saturated carbocycles. The monoisotopic (exact) mass is 368 g/mol. The number of carboxylic acids is 1. The molecule has 0 spiro atoms. The van der Waals surface area contributed by atoms with Gasteiger partial charge in [0.05, 0.1) is 27.8 Å². The molecule has 0 atom stereocenters. The zero-order valence-electron chi connectivity index (χ0n) is 11.8. The zero-order valence-corrected chi connectivity index (χ0v) is 14.2. The Morgan fingerprint density at radius 2 is 2.17 bits per heavy atom. The van der Waals surface area contributed by atoms with E-state index in [0.29, 0.717) is 26.6 Å². The zero-order chi connectivity index (χ0) is 16.6. The summed E-state index contributed by atoms with van der Waals surface area (Å²) in [7, 11) is 0. The third kappa shape index (κ3) is 3.08. The summed E-state index contributed by atoms with van der Waals surface area (Å²) in [4.78, 5) is 24.9. The number of aromatic nitrogens is 4. The lowest BCUT2D eigenvalue weighted by Gasteiger charge is -2.09. The maximum Gasteiger partial charge on any atom is 0.354 e. The fourth-order valence-electron chi connectivity index (χ4n) is 2.24. The molecule has 3 aromatic rings. The van der Waals surface area contributed by atoms with Crippen LogP contribution < -0.4 is 0 Å². The highest BCUT2D eigenvalue weighted by atomic mass is 35.5. The average Bonchev–Trinajstić information content (AvgIpc) is 3.00. The normalized spacial score (nSPS) is 10.9. The number of nitrogens with zero attached hydrogens (tertiary/aromatic N) is 4. The van der Waals surface area contributed by atoms with Crippen LogP contribution in [0, 0.1) is 6.92 Å². The Bertz CT molecular complexity index is 877. The second-order valence-corrected chi connectivity index (χ2v) is 6.85. The molecule has 0 radical (unpaired) electrons. The minimum Gasteiger partial charge on any atom is -0.477 e. The minimum atomic E-state index is -1.07. The summed E-state index contributed by atoms with van der Waals surface area (Å²) >= 11 is 13.4. The van der Waals surface area contributed by atoms with Crippen LogP contribution in [0.5, 0.6) is 0 Å². The summed E-state index contributed by atoms with van der Waals surface area (Å²) in [5.74, 6) is -0.641. The molecule has 0 aromatic carbocycles. The summed E-state index contributed by atoms with van der Waals surface area (Å²) in [5, 5.41) is 10.0. The fourth-order valence-corrected chi connectivity index (χ4v) is 3.79. The number of carbonyl (C=O) groups is 1. The molecule has 3 rings (SSSR count). The third-order valence-corrected chi connectivity index (χ3v) is 4.86. The van der Waals surface area contributed by atoms with Crippen molar-refractivity contribution in [3.05, 3.63) is 50.3 Å². The predicted molar refractivity (Wildman–Crippen MR) is 88.4 cm³/mol. The van der Waals surface area contributed by atoms with Gasteiger partial charge in [-0.25, -0.2) is 14.8 Å². The van der Waals surface area contributed by atoms with E-state index in [0.717, 1.165) is 4.88 Å². The van der Waals surface area contributed by atoms with E-state index >= 15 is 0 Å². The quantitative estimate of drug-likeness (QED) is 0.757. The van der Waals surface area contributed by atoms with Crippen LogP contribution in [0.15, 0.2) is 24.7 Å². The van der Waals surface area contributed by atoms with Crippen molar-refractivity contribution in [2.45, 2.75) is 13.5 Å². The lowest BCUT2D eigenvalue weighted by atomic mass is 10.3. The molecule has 3 aromatic heterocycles. The number of hydrogen-bond acceptors (Lipinski definition) is 5. The Labute approximate surface area is 145 Å². The molecule has 0 fully saturated rings. The number of aromatic carboxylic acids is 1. The molecular weight excluding hydrogens is 359 g/mol. The van der Waals surface area contributed by atoms with E-state index in [-0.39, 0.29) is 12.2 Å². The van der Waals surface area contributed by atoms with Gasteiger partial charge >= 0.3 is 5.97 Å². The maximum absolute atomic E-state index is 11.6. The number of rotatable bonds is 4. The molecule has 0 amide bonds. The Balaban J connectivity index is 2.16. The van der Waals surface area contributed by atoms with Crippen molar-refractivity contribution >= 4 is 40.5 Å². The Hall–Kier alpha value is -1.96. The largest absolute Gasteiger partial charge is 0.477 e. The van der Waals surface area contributed by atoms with E-state index in [2.05, 4.69) is 15.0 Å². The van der Waals surface area contributed by atoms with Crippen LogP contribution in [-0.4, -0.2) is 30.6 Å². The molecule has 6 nitrogen and oxygen atoms in total. The molecule has 23 heavy (non-hydrogen) atoms. The van der Waals surface area contributed by atoms with Crippen molar-refractivity contribution in [2.75, 3.05) is 0 Å². The van der Waals surface area contributed by atoms with Crippen molar-refractivity contribution < 1.29 is 9.90 Å². The van der Waals surface area contributed by atoms with Gasteiger partial charge in [-0.15, -0.1) is 11.3 Å². The van der Waals surface area contributed by atoms with Crippen LogP contribution in [0.3, 0.4) is 0 Å². The van der Waals surface area contributed by atoms with Gasteiger partial charge in [0, 0.05) is 17.3 Å². The first kappa shape index (κ1) is 15.9. The first-order valence-electron chi connectivity index (χ1n) is 6.48. The van der Waals surface area contributed by atoms with Crippen molar-refractivity contribution in [2.24, 2.45) is 0 Å². The van der Waals surface area contributed by atoms with Gasteiger partial charge in [-0.1, -0.05) is 23.2 Å². The Morgan fingerprint density at radius 1 is 1.39 bits per heavy atom. The standard InChI is InChI=1S/C14H10Cl2N4O2S/c1-7-12(14(21)22)20(6-10-8(15)4-11(16)23-10)13(19-7)9-5-17-2-3-18-9/h2-5H,6H2,1H3,(H,21,22). The Kier molecular flexibility index (Phi) is 4.34. The van der Waals surface area contributed by atoms with Crippen LogP contribution in [0.25, 0.3) is 11.5 Å². The number of imidazole rings is 1. The molecule has 0 bridgehead atoms. The number of carboxylic acid groups (broad SMARTS) is 1. The van der Waals surface area contributed by atoms with Crippen LogP contribution in [0.2, 0.25) is 9.36 Å². The van der Waals surface area contributed by atoms with E-state index in [1.807, 2.05) is 0 Å². The summed E-state index contributed by atoms with van der Waals surface area (Å²) in [6, 6.07) is 1.63. The van der Waals surface area contributed by atoms with Crippen molar-refractivity contribution in [3.8, 4) is 11.5 Å². The molecule has 0 unspecified atom stereocenters. The van der Waals surface area contributed by atoms with Gasteiger partial charge in [-0.05, 0) is 13.0 Å². The van der Waals surface area contributed by atoms with Crippen molar-refractivity contribution in [1.82, 2.24) is 19.5 Å². The van der Waals surface area contributed by atoms with E-state index in [4.69, 9.17) is 23.2 Å². The second kappa shape index (κ2) is 6.27. The summed E-state index contributed by atoms with van der Waals surface area (Å²) in [6.07, 6.45) is 4.60. The molecule has 0 aliphatic heterocycles. The van der Waals surface area contributed by atoms with E-state index in [1.165, 1.54) is 29.9 Å². The van der Waals surface area contributed by atoms with Gasteiger partial charge in [-0.2, -0.15) is 0 Å². The van der Waals surface area contributed by atoms with E-state index < -0.39 is 5.97 Å². The van der Waals surface area contributed by atoms with E-state index in [9.17, 15) is 9.90 Å². The molecular formula is C14H10Cl2N4O2S. The number of thiophene rings is 1. The Morgan fingerprint density at radius 3 is 2.74 bits per heavy atom. The molecule has 3 heterocycles. The minimum absolute atomic E-state index is 0.0891. The smallest absolute Gasteiger partial charge is 0.354 e. The van der Waals surface area contributed by atoms with Crippen LogP contribution in [0.1, 0.15) is 21.1 Å². The SMILES string of the molecule is Cc1nc(-c2cnccn2)n(Cc2sc(Cl)cc2Cl)c1C(=O)O. The summed E-state index contributed by atoms with van der Waals surface area (Å²) in [6.45, 7) is 1.88. The van der Waals surface area contributed by atoms with Gasteiger partial charge in [0.2, 0.25) is 0 Å². The molecule has 118 valence electrons. The molecule has 9 heteroatoms. The lowest BCUT2D eigenvalue weighted by Crippen LogP contribution is -2.11. The fraction of sp³-hybridized carbons (Fsp3) is 0.143. The summed E-state index contributed by atoms with van der Waals surface area (Å²) in [5.41, 5.74) is 0.977. The van der Waals surface area contributed by atoms with Crippen molar-refractivity contribution in [1.29, 1.82) is 0 Å². The van der Waals surface area contributed by atoms with Gasteiger partial charge in [-0.3, -0.25) is 4.98 Å². The molecule has 0 saturated heterocycles. The highest BCUT2D eigenvalue weighted by Gasteiger charge is 2.23. The van der Waals surface area contributed by atoms with Crippen molar-refractivity contribution in [3.63, 3.8) is 0 Å². The lowest BCUT2D eigenvalue weighted by molar-refractivity contribution is 0.0685. The number of aryl methyl sites for hydroxylation is 1. The van der Waals surface area contributed by atoms with Gasteiger partial charge in [0.25, 0.3) is 0 Å². The van der Waals surface area contributed by atoms with Gasteiger partial charge < -0.3 is 9.67 Å². The highest BCUT2D eigenvalue weighted by molar-refractivity contribution is 7.16. The van der Waals surface area contributed by atoms with E-state index in [1.54, 1.807) is 17.6 Å². The summed E-state index contributed by atoms with van der Waals surface area (Å²) < 4.78 is 2.11. The van der Waals surface area contributed by atoms with Crippen LogP contribution in [0.4, 0.5) is 0 Å². The first-order valence-corrected chi connectivity index (χ1v) is 8.05. The molecule has 0 aliphatic rings. The van der Waals surface area contributed by atoms with Crippen LogP contribution in [-0.2, 0) is 6.54 Å². The maximum atomic E-state index is 11.6. The topological polar surface area (TPSA) is 80.9 Å². The molecule has 1 N–H and O–H groups in total. The van der Waals surface area contributed by atoms with Gasteiger partial charge in [0.1, 0.15) is 5.69 Å². The first-order chi connectivity index (χ1) is 11.0. The average molecular weight is 369 g/mol. The predicted octanol–water partition coefficient (Wildman–Crippen LogP) is 3.76. The number of hydrogen-bond donors (Lipinski definition) is 1. The number of halogens is 2.